The smallest absolute Gasteiger partial charge is 0.165 e. The number of rotatable bonds is 6. The molecule has 0 aliphatic heterocycles. The minimum absolute atomic E-state index is 0.0366. The Labute approximate surface area is 119 Å². The van der Waals surface area contributed by atoms with Crippen LogP contribution in [-0.4, -0.2) is 11.7 Å². The van der Waals surface area contributed by atoms with Crippen molar-refractivity contribution in [1.82, 2.24) is 0 Å². The zero-order valence-electron chi connectivity index (χ0n) is 11.6. The summed E-state index contributed by atoms with van der Waals surface area (Å²) in [6.07, 6.45) is 2.09. The first-order valence-corrected chi connectivity index (χ1v) is 6.80. The third-order valence-corrected chi connectivity index (χ3v) is 2.97. The maximum Gasteiger partial charge on any atom is 0.165 e. The number of anilines is 2. The Kier molecular flexibility index (Phi) is 4.71. The third-order valence-electron chi connectivity index (χ3n) is 2.97. The van der Waals surface area contributed by atoms with Crippen LogP contribution in [0.2, 0.25) is 0 Å². The number of aromatic hydroxyl groups is 1. The first kappa shape index (κ1) is 14.1. The number of hydrogen-bond donors (Lipinski definition) is 3. The lowest BCUT2D eigenvalue weighted by Crippen LogP contribution is -2.04. The predicted octanol–water partition coefficient (Wildman–Crippen LogP) is 3.98. The second-order valence-corrected chi connectivity index (χ2v) is 4.57. The molecule has 106 valence electrons. The molecule has 20 heavy (non-hydrogen) atoms. The quantitative estimate of drug-likeness (QED) is 0.423. The van der Waals surface area contributed by atoms with Crippen molar-refractivity contribution in [2.75, 3.05) is 17.6 Å². The number of nitrogen functional groups attached to an aromatic ring is 1. The van der Waals surface area contributed by atoms with Crippen molar-refractivity contribution in [2.45, 2.75) is 19.8 Å². The molecule has 0 amide bonds. The highest BCUT2D eigenvalue weighted by atomic mass is 16.5. The van der Waals surface area contributed by atoms with Gasteiger partial charge in [-0.25, -0.2) is 0 Å². The summed E-state index contributed by atoms with van der Waals surface area (Å²) in [5.74, 6) is 1.32. The number of benzene rings is 2. The first-order valence-electron chi connectivity index (χ1n) is 6.80. The Hall–Kier alpha value is -2.36. The molecule has 0 saturated heterocycles. The Morgan fingerprint density at radius 2 is 1.90 bits per heavy atom. The molecule has 0 aliphatic carbocycles. The van der Waals surface area contributed by atoms with Gasteiger partial charge in [-0.3, -0.25) is 0 Å². The molecule has 0 atom stereocenters. The molecule has 4 nitrogen and oxygen atoms in total. The second kappa shape index (κ2) is 6.70. The lowest BCUT2D eigenvalue weighted by Gasteiger charge is -2.15. The zero-order valence-corrected chi connectivity index (χ0v) is 11.6. The van der Waals surface area contributed by atoms with Gasteiger partial charge in [-0.15, -0.1) is 0 Å². The number of ether oxygens (including phenoxy) is 1. The van der Waals surface area contributed by atoms with Gasteiger partial charge in [0.2, 0.25) is 0 Å². The SMILES string of the molecule is CCCCNc1c(Oc2ccccc2)ccc(N)c1O. The Morgan fingerprint density at radius 1 is 1.15 bits per heavy atom. The first-order chi connectivity index (χ1) is 9.72. The minimum atomic E-state index is 0.0366. The van der Waals surface area contributed by atoms with Gasteiger partial charge in [0, 0.05) is 6.54 Å². The van der Waals surface area contributed by atoms with Crippen molar-refractivity contribution < 1.29 is 9.84 Å². The van der Waals surface area contributed by atoms with Crippen LogP contribution >= 0.6 is 0 Å². The topological polar surface area (TPSA) is 67.5 Å². The lowest BCUT2D eigenvalue weighted by atomic mass is 10.2. The highest BCUT2D eigenvalue weighted by Crippen LogP contribution is 2.40. The van der Waals surface area contributed by atoms with Crippen LogP contribution in [0.3, 0.4) is 0 Å². The molecule has 0 saturated carbocycles. The molecular weight excluding hydrogens is 252 g/mol. The molecule has 0 spiro atoms. The number of phenolic OH excluding ortho intramolecular Hbond substituents is 1. The van der Waals surface area contributed by atoms with E-state index in [1.165, 1.54) is 0 Å². The third kappa shape index (κ3) is 3.35. The van der Waals surface area contributed by atoms with E-state index in [9.17, 15) is 5.11 Å². The predicted molar refractivity (Wildman–Crippen MR) is 82.4 cm³/mol. The van der Waals surface area contributed by atoms with E-state index in [-0.39, 0.29) is 5.75 Å². The summed E-state index contributed by atoms with van der Waals surface area (Å²) in [5, 5.41) is 13.3. The van der Waals surface area contributed by atoms with Crippen LogP contribution in [0.25, 0.3) is 0 Å². The second-order valence-electron chi connectivity index (χ2n) is 4.57. The molecule has 0 fully saturated rings. The molecular formula is C16H20N2O2. The fourth-order valence-electron chi connectivity index (χ4n) is 1.85. The van der Waals surface area contributed by atoms with Crippen molar-refractivity contribution in [3.63, 3.8) is 0 Å². The fourth-order valence-corrected chi connectivity index (χ4v) is 1.85. The van der Waals surface area contributed by atoms with Crippen molar-refractivity contribution >= 4 is 11.4 Å². The van der Waals surface area contributed by atoms with E-state index in [1.807, 2.05) is 30.3 Å². The maximum atomic E-state index is 10.1. The summed E-state index contributed by atoms with van der Waals surface area (Å²) in [7, 11) is 0. The summed E-state index contributed by atoms with van der Waals surface area (Å²) in [5.41, 5.74) is 6.62. The van der Waals surface area contributed by atoms with E-state index >= 15 is 0 Å². The molecule has 2 aromatic rings. The van der Waals surface area contributed by atoms with Gasteiger partial charge >= 0.3 is 0 Å². The zero-order chi connectivity index (χ0) is 14.4. The number of unbranched alkanes of at least 4 members (excludes halogenated alkanes) is 1. The molecule has 0 heterocycles. The number of phenols is 1. The number of hydrogen-bond acceptors (Lipinski definition) is 4. The normalized spacial score (nSPS) is 10.2. The Morgan fingerprint density at radius 3 is 2.60 bits per heavy atom. The average Bonchev–Trinajstić information content (AvgIpc) is 2.47. The molecule has 0 radical (unpaired) electrons. The van der Waals surface area contributed by atoms with Crippen molar-refractivity contribution in [2.24, 2.45) is 0 Å². The molecule has 2 rings (SSSR count). The molecule has 0 aromatic heterocycles. The van der Waals surface area contributed by atoms with Crippen molar-refractivity contribution in [1.29, 1.82) is 0 Å². The van der Waals surface area contributed by atoms with E-state index in [4.69, 9.17) is 10.5 Å². The summed E-state index contributed by atoms with van der Waals surface area (Å²) in [6, 6.07) is 12.8. The number of para-hydroxylation sites is 1. The van der Waals surface area contributed by atoms with E-state index < -0.39 is 0 Å². The van der Waals surface area contributed by atoms with Crippen LogP contribution in [-0.2, 0) is 0 Å². The molecule has 4 N–H and O–H groups in total. The maximum absolute atomic E-state index is 10.1. The van der Waals surface area contributed by atoms with Gasteiger partial charge in [0.25, 0.3) is 0 Å². The van der Waals surface area contributed by atoms with Crippen LogP contribution in [0.5, 0.6) is 17.2 Å². The van der Waals surface area contributed by atoms with E-state index in [1.54, 1.807) is 12.1 Å². The van der Waals surface area contributed by atoms with Gasteiger partial charge in [0.1, 0.15) is 11.4 Å². The van der Waals surface area contributed by atoms with Gasteiger partial charge in [-0.2, -0.15) is 0 Å². The largest absolute Gasteiger partial charge is 0.504 e. The number of nitrogens with two attached hydrogens (primary N) is 1. The van der Waals surface area contributed by atoms with Gasteiger partial charge in [-0.1, -0.05) is 31.5 Å². The van der Waals surface area contributed by atoms with Crippen LogP contribution < -0.4 is 15.8 Å². The highest BCUT2D eigenvalue weighted by molar-refractivity contribution is 5.75. The van der Waals surface area contributed by atoms with E-state index in [2.05, 4.69) is 12.2 Å². The van der Waals surface area contributed by atoms with Gasteiger partial charge in [0.15, 0.2) is 11.5 Å². The molecule has 0 unspecified atom stereocenters. The average molecular weight is 272 g/mol. The molecule has 0 bridgehead atoms. The monoisotopic (exact) mass is 272 g/mol. The van der Waals surface area contributed by atoms with Gasteiger partial charge in [-0.05, 0) is 30.7 Å². The molecule has 2 aromatic carbocycles. The highest BCUT2D eigenvalue weighted by Gasteiger charge is 2.12. The number of nitrogens with one attached hydrogen (secondary N) is 1. The summed E-state index contributed by atoms with van der Waals surface area (Å²) in [6.45, 7) is 2.88. The van der Waals surface area contributed by atoms with Crippen LogP contribution in [0, 0.1) is 0 Å². The van der Waals surface area contributed by atoms with Crippen LogP contribution in [0.15, 0.2) is 42.5 Å². The van der Waals surface area contributed by atoms with Crippen LogP contribution in [0.4, 0.5) is 11.4 Å². The van der Waals surface area contributed by atoms with E-state index in [0.717, 1.165) is 25.1 Å². The lowest BCUT2D eigenvalue weighted by molar-refractivity contribution is 0.460. The fraction of sp³-hybridized carbons (Fsp3) is 0.250. The molecule has 4 heteroatoms. The Balaban J connectivity index is 2.24. The molecule has 0 aliphatic rings. The minimum Gasteiger partial charge on any atom is -0.504 e. The summed E-state index contributed by atoms with van der Waals surface area (Å²) < 4.78 is 5.80. The summed E-state index contributed by atoms with van der Waals surface area (Å²) in [4.78, 5) is 0. The van der Waals surface area contributed by atoms with Crippen LogP contribution in [0.1, 0.15) is 19.8 Å². The van der Waals surface area contributed by atoms with E-state index in [0.29, 0.717) is 17.1 Å². The Bertz CT molecular complexity index is 556. The van der Waals surface area contributed by atoms with Gasteiger partial charge in [0.05, 0.1) is 5.69 Å². The standard InChI is InChI=1S/C16H20N2O2/c1-2-3-11-18-15-14(10-9-13(17)16(15)19)20-12-7-5-4-6-8-12/h4-10,18-19H,2-3,11,17H2,1H3. The van der Waals surface area contributed by atoms with Crippen molar-refractivity contribution in [3.05, 3.63) is 42.5 Å². The summed E-state index contributed by atoms with van der Waals surface area (Å²) >= 11 is 0. The van der Waals surface area contributed by atoms with Crippen molar-refractivity contribution in [3.8, 4) is 17.2 Å². The van der Waals surface area contributed by atoms with Gasteiger partial charge < -0.3 is 20.9 Å².